The van der Waals surface area contributed by atoms with E-state index in [0.29, 0.717) is 47.4 Å². The Morgan fingerprint density at radius 2 is 1.54 bits per heavy atom. The Bertz CT molecular complexity index is 865. The minimum atomic E-state index is -0.142. The smallest absolute Gasteiger partial charge is 0.255 e. The van der Waals surface area contributed by atoms with Crippen LogP contribution in [-0.4, -0.2) is 47.8 Å². The van der Waals surface area contributed by atoms with E-state index in [0.717, 1.165) is 10.0 Å². The molecule has 2 aromatic carbocycles. The summed E-state index contributed by atoms with van der Waals surface area (Å²) in [5, 5.41) is 0.830. The van der Waals surface area contributed by atoms with E-state index in [2.05, 4.69) is 15.9 Å². The van der Waals surface area contributed by atoms with Crippen LogP contribution in [0.25, 0.3) is 0 Å². The minimum Gasteiger partial charge on any atom is -0.335 e. The van der Waals surface area contributed by atoms with Crippen LogP contribution >= 0.6 is 39.1 Å². The SMILES string of the molecule is Cc1ccc(C(=O)N2CCN(C(=O)c3ccc(Cl)cc3Cl)CC2)cc1Br. The van der Waals surface area contributed by atoms with Crippen molar-refractivity contribution in [2.45, 2.75) is 6.92 Å². The summed E-state index contributed by atoms with van der Waals surface area (Å²) < 4.78 is 0.912. The van der Waals surface area contributed by atoms with Crippen molar-refractivity contribution >= 4 is 50.9 Å². The molecule has 0 unspecified atom stereocenters. The van der Waals surface area contributed by atoms with E-state index in [4.69, 9.17) is 23.2 Å². The van der Waals surface area contributed by atoms with Gasteiger partial charge in [0.15, 0.2) is 0 Å². The quantitative estimate of drug-likeness (QED) is 0.660. The molecule has 1 aliphatic rings. The van der Waals surface area contributed by atoms with E-state index >= 15 is 0 Å². The highest BCUT2D eigenvalue weighted by Crippen LogP contribution is 2.23. The van der Waals surface area contributed by atoms with E-state index in [-0.39, 0.29) is 11.8 Å². The number of hydrogen-bond acceptors (Lipinski definition) is 2. The summed E-state index contributed by atoms with van der Waals surface area (Å²) in [6, 6.07) is 10.4. The van der Waals surface area contributed by atoms with Gasteiger partial charge in [-0.25, -0.2) is 0 Å². The largest absolute Gasteiger partial charge is 0.335 e. The number of hydrogen-bond donors (Lipinski definition) is 0. The summed E-state index contributed by atoms with van der Waals surface area (Å²) >= 11 is 15.5. The van der Waals surface area contributed by atoms with Crippen LogP contribution in [0, 0.1) is 6.92 Å². The molecular weight excluding hydrogens is 439 g/mol. The van der Waals surface area contributed by atoms with Gasteiger partial charge >= 0.3 is 0 Å². The van der Waals surface area contributed by atoms with E-state index in [1.807, 2.05) is 25.1 Å². The second kappa shape index (κ2) is 7.99. The highest BCUT2D eigenvalue weighted by atomic mass is 79.9. The van der Waals surface area contributed by atoms with Crippen molar-refractivity contribution in [3.63, 3.8) is 0 Å². The lowest BCUT2D eigenvalue weighted by Gasteiger charge is -2.35. The molecule has 1 aliphatic heterocycles. The summed E-state index contributed by atoms with van der Waals surface area (Å²) in [6.45, 7) is 3.89. The van der Waals surface area contributed by atoms with Crippen LogP contribution in [-0.2, 0) is 0 Å². The number of amides is 2. The molecule has 0 bridgehead atoms. The monoisotopic (exact) mass is 454 g/mol. The van der Waals surface area contributed by atoms with Crippen LogP contribution < -0.4 is 0 Å². The number of nitrogens with zero attached hydrogens (tertiary/aromatic N) is 2. The number of rotatable bonds is 2. The van der Waals surface area contributed by atoms with Gasteiger partial charge in [-0.15, -0.1) is 0 Å². The second-order valence-corrected chi connectivity index (χ2v) is 7.87. The van der Waals surface area contributed by atoms with E-state index in [9.17, 15) is 9.59 Å². The first kappa shape index (κ1) is 19.2. The van der Waals surface area contributed by atoms with Gasteiger partial charge < -0.3 is 9.80 Å². The van der Waals surface area contributed by atoms with Gasteiger partial charge in [0.05, 0.1) is 10.6 Å². The predicted molar refractivity (Wildman–Crippen MR) is 107 cm³/mol. The van der Waals surface area contributed by atoms with Crippen molar-refractivity contribution < 1.29 is 9.59 Å². The van der Waals surface area contributed by atoms with Gasteiger partial charge in [-0.2, -0.15) is 0 Å². The molecule has 1 saturated heterocycles. The first-order chi connectivity index (χ1) is 12.4. The fourth-order valence-corrected chi connectivity index (χ4v) is 3.72. The standard InChI is InChI=1S/C19H17BrCl2N2O2/c1-12-2-3-13(10-16(12)20)18(25)23-6-8-24(9-7-23)19(26)15-5-4-14(21)11-17(15)22/h2-5,10-11H,6-9H2,1H3. The lowest BCUT2D eigenvalue weighted by molar-refractivity contribution is 0.0535. The third kappa shape index (κ3) is 4.05. The van der Waals surface area contributed by atoms with Crippen LogP contribution in [0.4, 0.5) is 0 Å². The molecule has 136 valence electrons. The summed E-state index contributed by atoms with van der Waals surface area (Å²) in [6.07, 6.45) is 0. The van der Waals surface area contributed by atoms with Crippen molar-refractivity contribution in [1.82, 2.24) is 9.80 Å². The molecule has 3 rings (SSSR count). The maximum atomic E-state index is 12.7. The van der Waals surface area contributed by atoms with E-state index in [1.54, 1.807) is 28.0 Å². The minimum absolute atomic E-state index is 0.0256. The third-order valence-electron chi connectivity index (χ3n) is 4.43. The predicted octanol–water partition coefficient (Wildman–Crippen LogP) is 4.66. The van der Waals surface area contributed by atoms with Crippen LogP contribution in [0.2, 0.25) is 10.0 Å². The Labute approximate surface area is 170 Å². The molecule has 0 spiro atoms. The van der Waals surface area contributed by atoms with Crippen molar-refractivity contribution in [3.05, 3.63) is 67.6 Å². The van der Waals surface area contributed by atoms with E-state index in [1.165, 1.54) is 0 Å². The molecule has 0 N–H and O–H groups in total. The van der Waals surface area contributed by atoms with Crippen molar-refractivity contribution in [1.29, 1.82) is 0 Å². The Kier molecular flexibility index (Phi) is 5.90. The molecule has 7 heteroatoms. The molecule has 26 heavy (non-hydrogen) atoms. The molecule has 0 saturated carbocycles. The van der Waals surface area contributed by atoms with Crippen LogP contribution in [0.5, 0.6) is 0 Å². The maximum Gasteiger partial charge on any atom is 0.255 e. The fraction of sp³-hybridized carbons (Fsp3) is 0.263. The summed E-state index contributed by atoms with van der Waals surface area (Å²) in [5.41, 5.74) is 2.15. The molecule has 0 radical (unpaired) electrons. The van der Waals surface area contributed by atoms with Crippen LogP contribution in [0.1, 0.15) is 26.3 Å². The summed E-state index contributed by atoms with van der Waals surface area (Å²) in [5.74, 6) is -0.167. The summed E-state index contributed by atoms with van der Waals surface area (Å²) in [7, 11) is 0. The van der Waals surface area contributed by atoms with Gasteiger partial charge in [0.25, 0.3) is 11.8 Å². The first-order valence-corrected chi connectivity index (χ1v) is 9.71. The topological polar surface area (TPSA) is 40.6 Å². The first-order valence-electron chi connectivity index (χ1n) is 8.16. The van der Waals surface area contributed by atoms with Crippen LogP contribution in [0.3, 0.4) is 0 Å². The van der Waals surface area contributed by atoms with Gasteiger partial charge in [-0.1, -0.05) is 45.2 Å². The third-order valence-corrected chi connectivity index (χ3v) is 5.84. The molecule has 2 amide bonds. The number of benzene rings is 2. The highest BCUT2D eigenvalue weighted by molar-refractivity contribution is 9.10. The Hall–Kier alpha value is -1.56. The van der Waals surface area contributed by atoms with Crippen molar-refractivity contribution in [2.24, 2.45) is 0 Å². The molecule has 1 fully saturated rings. The molecule has 1 heterocycles. The van der Waals surface area contributed by atoms with Gasteiger partial charge in [0, 0.05) is 41.2 Å². The zero-order valence-corrected chi connectivity index (χ0v) is 17.2. The lowest BCUT2D eigenvalue weighted by Crippen LogP contribution is -2.50. The van der Waals surface area contributed by atoms with Crippen molar-refractivity contribution in [2.75, 3.05) is 26.2 Å². The van der Waals surface area contributed by atoms with Gasteiger partial charge in [-0.3, -0.25) is 9.59 Å². The Morgan fingerprint density at radius 1 is 0.923 bits per heavy atom. The van der Waals surface area contributed by atoms with E-state index < -0.39 is 0 Å². The number of piperazine rings is 1. The zero-order valence-electron chi connectivity index (χ0n) is 14.1. The molecule has 0 atom stereocenters. The zero-order chi connectivity index (χ0) is 18.8. The second-order valence-electron chi connectivity index (χ2n) is 6.17. The van der Waals surface area contributed by atoms with Gasteiger partial charge in [0.2, 0.25) is 0 Å². The molecule has 0 aliphatic carbocycles. The average molecular weight is 456 g/mol. The number of carbonyl (C=O) groups is 2. The normalized spacial score (nSPS) is 14.5. The van der Waals surface area contributed by atoms with Gasteiger partial charge in [-0.05, 0) is 42.8 Å². The van der Waals surface area contributed by atoms with Crippen LogP contribution in [0.15, 0.2) is 40.9 Å². The number of halogens is 3. The van der Waals surface area contributed by atoms with Gasteiger partial charge in [0.1, 0.15) is 0 Å². The maximum absolute atomic E-state index is 12.7. The summed E-state index contributed by atoms with van der Waals surface area (Å²) in [4.78, 5) is 28.8. The molecule has 2 aromatic rings. The Morgan fingerprint density at radius 3 is 2.12 bits per heavy atom. The Balaban J connectivity index is 1.66. The highest BCUT2D eigenvalue weighted by Gasteiger charge is 2.26. The number of carbonyl (C=O) groups excluding carboxylic acids is 2. The molecule has 0 aromatic heterocycles. The lowest BCUT2D eigenvalue weighted by atomic mass is 10.1. The molecular formula is C19H17BrCl2N2O2. The number of aryl methyl sites for hydroxylation is 1. The average Bonchev–Trinajstić information content (AvgIpc) is 2.63. The molecule has 4 nitrogen and oxygen atoms in total. The fourth-order valence-electron chi connectivity index (χ4n) is 2.85. The van der Waals surface area contributed by atoms with Crippen molar-refractivity contribution in [3.8, 4) is 0 Å².